The standard InChI is InChI=1S/C17H19Cl2N3O3.C17H20ClN3O4/c1-3-11-9-20-16(25-11)12-8-13(18)15(21-14(12)19)22-6-4-10(5-7-22)17(23)24-2;1-3-11-9-19-15(25-11)12-8-13(18)14(20-16(12)24-2)21-6-4-10(5-7-21)17(22)23/h8-10H,3-7H2,1-2H3;8-10H,3-7H2,1-2H3,(H,22,23). The molecule has 2 aliphatic rings. The van der Waals surface area contributed by atoms with Crippen LogP contribution in [0.5, 0.6) is 5.88 Å². The fourth-order valence-corrected chi connectivity index (χ4v) is 6.60. The SMILES string of the molecule is CCc1cnc(-c2cc(Cl)c(N3CCC(C(=O)O)CC3)nc2OC)o1.CCc1cnc(-c2cc(Cl)c(N3CCC(C(=O)OC)CC3)nc2Cl)o1. The normalized spacial score (nSPS) is 15.4. The lowest BCUT2D eigenvalue weighted by molar-refractivity contribution is -0.146. The summed E-state index contributed by atoms with van der Waals surface area (Å²) < 4.78 is 21.5. The Balaban J connectivity index is 0.000000194. The van der Waals surface area contributed by atoms with Crippen LogP contribution in [-0.4, -0.2) is 77.4 Å². The van der Waals surface area contributed by atoms with E-state index in [9.17, 15) is 9.59 Å². The zero-order valence-corrected chi connectivity index (χ0v) is 30.5. The summed E-state index contributed by atoms with van der Waals surface area (Å²) >= 11 is 19.2. The van der Waals surface area contributed by atoms with Crippen LogP contribution in [-0.2, 0) is 27.2 Å². The number of hydrogen-bond donors (Lipinski definition) is 1. The van der Waals surface area contributed by atoms with E-state index >= 15 is 0 Å². The molecule has 2 aliphatic heterocycles. The average Bonchev–Trinajstić information content (AvgIpc) is 3.83. The molecule has 1 N–H and O–H groups in total. The lowest BCUT2D eigenvalue weighted by Gasteiger charge is -2.32. The second kappa shape index (κ2) is 16.8. The third-order valence-corrected chi connectivity index (χ3v) is 9.61. The molecule has 4 aromatic rings. The van der Waals surface area contributed by atoms with E-state index in [4.69, 9.17) is 58.2 Å². The van der Waals surface area contributed by atoms with Gasteiger partial charge in [-0.3, -0.25) is 9.59 Å². The Morgan fingerprint density at radius 2 is 1.28 bits per heavy atom. The summed E-state index contributed by atoms with van der Waals surface area (Å²) in [4.78, 5) is 44.2. The molecule has 0 radical (unpaired) electrons. The van der Waals surface area contributed by atoms with E-state index < -0.39 is 5.97 Å². The van der Waals surface area contributed by atoms with Gasteiger partial charge in [-0.05, 0) is 37.8 Å². The van der Waals surface area contributed by atoms with E-state index in [2.05, 4.69) is 19.9 Å². The zero-order chi connectivity index (χ0) is 35.9. The molecule has 2 fully saturated rings. The second-order valence-electron chi connectivity index (χ2n) is 11.8. The Morgan fingerprint density at radius 3 is 1.74 bits per heavy atom. The highest BCUT2D eigenvalue weighted by Crippen LogP contribution is 2.38. The van der Waals surface area contributed by atoms with Crippen molar-refractivity contribution >= 4 is 58.4 Å². The Labute approximate surface area is 304 Å². The van der Waals surface area contributed by atoms with Gasteiger partial charge in [0.25, 0.3) is 0 Å². The molecule has 0 unspecified atom stereocenters. The molecule has 4 aromatic heterocycles. The Hall–Kier alpha value is -4.07. The van der Waals surface area contributed by atoms with E-state index in [1.807, 2.05) is 23.6 Å². The molecule has 0 spiro atoms. The largest absolute Gasteiger partial charge is 0.481 e. The number of aliphatic carboxylic acids is 1. The minimum absolute atomic E-state index is 0.0745. The number of rotatable bonds is 9. The number of hydrogen-bond acceptors (Lipinski definition) is 12. The molecule has 0 atom stereocenters. The number of piperidine rings is 2. The first kappa shape index (κ1) is 37.2. The molecule has 268 valence electrons. The number of pyridine rings is 2. The van der Waals surface area contributed by atoms with Crippen molar-refractivity contribution in [3.05, 3.63) is 51.2 Å². The van der Waals surface area contributed by atoms with Crippen molar-refractivity contribution in [2.75, 3.05) is 50.2 Å². The summed E-state index contributed by atoms with van der Waals surface area (Å²) in [6.45, 7) is 6.48. The first-order chi connectivity index (χ1) is 24.1. The maximum Gasteiger partial charge on any atom is 0.308 e. The Bertz CT molecular complexity index is 1800. The summed E-state index contributed by atoms with van der Waals surface area (Å²) in [6.07, 6.45) is 7.37. The number of oxazole rings is 2. The molecule has 0 amide bonds. The minimum atomic E-state index is -0.748. The van der Waals surface area contributed by atoms with E-state index in [-0.39, 0.29) is 17.8 Å². The molecule has 13 nitrogen and oxygen atoms in total. The van der Waals surface area contributed by atoms with Crippen LogP contribution in [0.2, 0.25) is 15.2 Å². The Kier molecular flexibility index (Phi) is 12.5. The van der Waals surface area contributed by atoms with Gasteiger partial charge in [0.05, 0.1) is 54.1 Å². The first-order valence-electron chi connectivity index (χ1n) is 16.4. The van der Waals surface area contributed by atoms with Crippen LogP contribution in [0.15, 0.2) is 33.4 Å². The van der Waals surface area contributed by atoms with Gasteiger partial charge in [-0.2, -0.15) is 4.98 Å². The monoisotopic (exact) mass is 748 g/mol. The maximum atomic E-state index is 11.6. The number of carbonyl (C=O) groups is 2. The third-order valence-electron chi connectivity index (χ3n) is 8.76. The third kappa shape index (κ3) is 8.44. The quantitative estimate of drug-likeness (QED) is 0.135. The van der Waals surface area contributed by atoms with Gasteiger partial charge in [-0.25, -0.2) is 15.0 Å². The fourth-order valence-electron chi connectivity index (χ4n) is 5.85. The van der Waals surface area contributed by atoms with Gasteiger partial charge in [0.15, 0.2) is 5.82 Å². The summed E-state index contributed by atoms with van der Waals surface area (Å²) in [7, 11) is 2.95. The lowest BCUT2D eigenvalue weighted by Crippen LogP contribution is -2.37. The first-order valence-corrected chi connectivity index (χ1v) is 17.5. The number of esters is 1. The summed E-state index contributed by atoms with van der Waals surface area (Å²) in [5.74, 6) is 2.66. The van der Waals surface area contributed by atoms with Gasteiger partial charge in [0.1, 0.15) is 28.1 Å². The summed E-state index contributed by atoms with van der Waals surface area (Å²) in [6, 6.07) is 3.46. The van der Waals surface area contributed by atoms with E-state index in [0.717, 1.165) is 24.4 Å². The van der Waals surface area contributed by atoms with Crippen LogP contribution in [0.25, 0.3) is 22.9 Å². The number of ether oxygens (including phenoxy) is 2. The van der Waals surface area contributed by atoms with Crippen molar-refractivity contribution < 1.29 is 33.0 Å². The molecule has 0 saturated carbocycles. The molecule has 0 aromatic carbocycles. The highest BCUT2D eigenvalue weighted by Gasteiger charge is 2.29. The second-order valence-corrected chi connectivity index (χ2v) is 13.0. The smallest absolute Gasteiger partial charge is 0.308 e. The molecule has 50 heavy (non-hydrogen) atoms. The molecule has 0 bridgehead atoms. The van der Waals surface area contributed by atoms with Crippen LogP contribution in [0.1, 0.15) is 51.1 Å². The van der Waals surface area contributed by atoms with Crippen LogP contribution in [0, 0.1) is 11.8 Å². The number of aromatic nitrogens is 4. The predicted molar refractivity (Wildman–Crippen MR) is 189 cm³/mol. The molecular formula is C34H39Cl3N6O7. The van der Waals surface area contributed by atoms with Gasteiger partial charge in [-0.15, -0.1) is 0 Å². The van der Waals surface area contributed by atoms with Crippen molar-refractivity contribution in [2.24, 2.45) is 11.8 Å². The zero-order valence-electron chi connectivity index (χ0n) is 28.2. The minimum Gasteiger partial charge on any atom is -0.481 e. The van der Waals surface area contributed by atoms with Gasteiger partial charge in [-0.1, -0.05) is 48.7 Å². The number of carbonyl (C=O) groups excluding carboxylic acids is 1. The number of nitrogens with zero attached hydrogens (tertiary/aromatic N) is 6. The molecule has 2 saturated heterocycles. The number of aryl methyl sites for hydroxylation is 2. The van der Waals surface area contributed by atoms with Crippen molar-refractivity contribution in [3.63, 3.8) is 0 Å². The van der Waals surface area contributed by atoms with Crippen molar-refractivity contribution in [1.82, 2.24) is 19.9 Å². The van der Waals surface area contributed by atoms with E-state index in [1.165, 1.54) is 14.2 Å². The fraction of sp³-hybridized carbons (Fsp3) is 0.471. The number of carboxylic acids is 1. The molecule has 16 heteroatoms. The topological polar surface area (TPSA) is 157 Å². The van der Waals surface area contributed by atoms with Gasteiger partial charge >= 0.3 is 11.9 Å². The highest BCUT2D eigenvalue weighted by molar-refractivity contribution is 6.36. The van der Waals surface area contributed by atoms with E-state index in [0.29, 0.717) is 107 Å². The van der Waals surface area contributed by atoms with E-state index in [1.54, 1.807) is 24.5 Å². The van der Waals surface area contributed by atoms with Gasteiger partial charge < -0.3 is 33.2 Å². The predicted octanol–water partition coefficient (Wildman–Crippen LogP) is 7.26. The molecule has 0 aliphatic carbocycles. The lowest BCUT2D eigenvalue weighted by atomic mass is 9.97. The maximum absolute atomic E-state index is 11.6. The van der Waals surface area contributed by atoms with Crippen LogP contribution >= 0.6 is 34.8 Å². The van der Waals surface area contributed by atoms with Crippen LogP contribution in [0.3, 0.4) is 0 Å². The van der Waals surface area contributed by atoms with Crippen molar-refractivity contribution in [1.29, 1.82) is 0 Å². The Morgan fingerprint density at radius 1 is 0.800 bits per heavy atom. The number of methoxy groups -OCH3 is 2. The summed E-state index contributed by atoms with van der Waals surface area (Å²) in [5, 5.41) is 10.3. The highest BCUT2D eigenvalue weighted by atomic mass is 35.5. The van der Waals surface area contributed by atoms with Crippen molar-refractivity contribution in [3.8, 4) is 28.8 Å². The summed E-state index contributed by atoms with van der Waals surface area (Å²) in [5.41, 5.74) is 1.16. The van der Waals surface area contributed by atoms with Crippen LogP contribution < -0.4 is 14.5 Å². The number of carboxylic acid groups (broad SMARTS) is 1. The average molecular weight is 750 g/mol. The number of anilines is 2. The number of halogens is 3. The van der Waals surface area contributed by atoms with Crippen LogP contribution in [0.4, 0.5) is 11.6 Å². The van der Waals surface area contributed by atoms with Gasteiger partial charge in [0.2, 0.25) is 17.7 Å². The molecule has 6 heterocycles. The molecule has 6 rings (SSSR count). The molecular weight excluding hydrogens is 711 g/mol. The van der Waals surface area contributed by atoms with Gasteiger partial charge in [0, 0.05) is 39.0 Å². The van der Waals surface area contributed by atoms with Crippen molar-refractivity contribution in [2.45, 2.75) is 52.4 Å².